The molecule has 1 aliphatic rings. The molecule has 1 aromatic rings. The van der Waals surface area contributed by atoms with E-state index in [1.807, 2.05) is 31.2 Å². The van der Waals surface area contributed by atoms with Crippen LogP contribution in [0.1, 0.15) is 51.2 Å². The fourth-order valence-corrected chi connectivity index (χ4v) is 3.69. The van der Waals surface area contributed by atoms with E-state index in [1.165, 1.54) is 0 Å². The molecule has 1 aromatic carbocycles. The molecule has 0 bridgehead atoms. The lowest BCUT2D eigenvalue weighted by atomic mass is 9.61. The van der Waals surface area contributed by atoms with E-state index >= 15 is 0 Å². The van der Waals surface area contributed by atoms with Crippen molar-refractivity contribution in [2.24, 2.45) is 5.92 Å². The molecule has 4 nitrogen and oxygen atoms in total. The Morgan fingerprint density at radius 1 is 1.38 bits per heavy atom. The fourth-order valence-electron chi connectivity index (χ4n) is 3.69. The van der Waals surface area contributed by atoms with Gasteiger partial charge in [0, 0.05) is 12.0 Å². The third-order valence-electron chi connectivity index (χ3n) is 5.27. The van der Waals surface area contributed by atoms with Crippen LogP contribution in [0.3, 0.4) is 0 Å². The van der Waals surface area contributed by atoms with Gasteiger partial charge in [-0.25, -0.2) is 0 Å². The van der Waals surface area contributed by atoms with Gasteiger partial charge in [0.15, 0.2) is 5.92 Å². The molecule has 0 spiro atoms. The molecule has 130 valence electrons. The minimum absolute atomic E-state index is 0.280. The number of hydrogen-bond acceptors (Lipinski definition) is 4. The minimum Gasteiger partial charge on any atom is -0.465 e. The van der Waals surface area contributed by atoms with Gasteiger partial charge in [0.05, 0.1) is 18.3 Å². The Labute approximate surface area is 144 Å². The van der Waals surface area contributed by atoms with E-state index in [4.69, 9.17) is 9.47 Å². The number of carbonyl (C=O) groups is 1. The van der Waals surface area contributed by atoms with Gasteiger partial charge < -0.3 is 9.47 Å². The normalized spacial score (nSPS) is 28.0. The van der Waals surface area contributed by atoms with Gasteiger partial charge in [0.1, 0.15) is 0 Å². The molecule has 1 aliphatic heterocycles. The van der Waals surface area contributed by atoms with Crippen LogP contribution in [-0.2, 0) is 19.7 Å². The third-order valence-corrected chi connectivity index (χ3v) is 5.27. The molecule has 1 fully saturated rings. The van der Waals surface area contributed by atoms with E-state index in [0.717, 1.165) is 17.5 Å². The first-order valence-corrected chi connectivity index (χ1v) is 8.68. The van der Waals surface area contributed by atoms with Gasteiger partial charge in [-0.1, -0.05) is 36.8 Å². The van der Waals surface area contributed by atoms with Gasteiger partial charge in [-0.15, -0.1) is 0 Å². The zero-order valence-electron chi connectivity index (χ0n) is 15.1. The molecule has 2 rings (SSSR count). The molecule has 0 radical (unpaired) electrons. The second kappa shape index (κ2) is 7.36. The molecule has 0 aromatic heterocycles. The topological polar surface area (TPSA) is 59.3 Å². The Hall–Kier alpha value is -1.86. The van der Waals surface area contributed by atoms with Gasteiger partial charge in [0.2, 0.25) is 0 Å². The fraction of sp³-hybridized carbons (Fsp3) is 0.600. The van der Waals surface area contributed by atoms with Crippen LogP contribution in [0.2, 0.25) is 0 Å². The maximum atomic E-state index is 12.5. The van der Waals surface area contributed by atoms with Crippen LogP contribution >= 0.6 is 0 Å². The monoisotopic (exact) mass is 329 g/mol. The predicted molar refractivity (Wildman–Crippen MR) is 92.5 cm³/mol. The number of rotatable bonds is 5. The lowest BCUT2D eigenvalue weighted by Crippen LogP contribution is -2.51. The van der Waals surface area contributed by atoms with Crippen LogP contribution in [0.25, 0.3) is 0 Å². The minimum atomic E-state index is -0.824. The quantitative estimate of drug-likeness (QED) is 0.768. The average Bonchev–Trinajstić information content (AvgIpc) is 2.56. The van der Waals surface area contributed by atoms with Gasteiger partial charge in [0.25, 0.3) is 0 Å². The molecular formula is C20H27NO3. The highest BCUT2D eigenvalue weighted by Crippen LogP contribution is 2.48. The van der Waals surface area contributed by atoms with Crippen molar-refractivity contribution in [2.45, 2.75) is 58.0 Å². The van der Waals surface area contributed by atoms with Crippen molar-refractivity contribution in [1.82, 2.24) is 0 Å². The van der Waals surface area contributed by atoms with Crippen LogP contribution in [0.15, 0.2) is 24.3 Å². The van der Waals surface area contributed by atoms with E-state index in [0.29, 0.717) is 19.4 Å². The summed E-state index contributed by atoms with van der Waals surface area (Å²) in [5.41, 5.74) is 1.27. The second-order valence-electron chi connectivity index (χ2n) is 6.92. The van der Waals surface area contributed by atoms with Crippen molar-refractivity contribution in [2.75, 3.05) is 13.2 Å². The van der Waals surface area contributed by atoms with Gasteiger partial charge in [-0.2, -0.15) is 5.26 Å². The summed E-state index contributed by atoms with van der Waals surface area (Å²) in [6.45, 7) is 8.76. The number of nitrogens with zero attached hydrogens (tertiary/aromatic N) is 1. The summed E-state index contributed by atoms with van der Waals surface area (Å²) in [7, 11) is 0. The molecule has 0 aliphatic carbocycles. The van der Waals surface area contributed by atoms with Gasteiger partial charge >= 0.3 is 5.97 Å². The SMILES string of the molecule is CCOC(=O)[C@H](C#N)[C@@]1(c2ccc(C)cc2)CCO[C@](C)(CC)C1. The Kier molecular flexibility index (Phi) is 5.66. The summed E-state index contributed by atoms with van der Waals surface area (Å²) < 4.78 is 11.2. The van der Waals surface area contributed by atoms with Crippen molar-refractivity contribution in [3.05, 3.63) is 35.4 Å². The van der Waals surface area contributed by atoms with E-state index in [9.17, 15) is 10.1 Å². The second-order valence-corrected chi connectivity index (χ2v) is 6.92. The number of ether oxygens (including phenoxy) is 2. The number of carbonyl (C=O) groups excluding carboxylic acids is 1. The van der Waals surface area contributed by atoms with Crippen molar-refractivity contribution >= 4 is 5.97 Å². The highest BCUT2D eigenvalue weighted by Gasteiger charge is 2.51. The van der Waals surface area contributed by atoms with Crippen molar-refractivity contribution in [1.29, 1.82) is 5.26 Å². The van der Waals surface area contributed by atoms with Crippen molar-refractivity contribution < 1.29 is 14.3 Å². The molecule has 0 amide bonds. The summed E-state index contributed by atoms with van der Waals surface area (Å²) in [6.07, 6.45) is 2.11. The maximum Gasteiger partial charge on any atom is 0.324 e. The number of hydrogen-bond donors (Lipinski definition) is 0. The molecule has 3 atom stereocenters. The average molecular weight is 329 g/mol. The van der Waals surface area contributed by atoms with Gasteiger partial charge in [-0.3, -0.25) is 4.79 Å². The highest BCUT2D eigenvalue weighted by atomic mass is 16.5. The Morgan fingerprint density at radius 3 is 2.58 bits per heavy atom. The highest BCUT2D eigenvalue weighted by molar-refractivity contribution is 5.77. The Balaban J connectivity index is 2.54. The van der Waals surface area contributed by atoms with Crippen LogP contribution in [0, 0.1) is 24.2 Å². The van der Waals surface area contributed by atoms with Crippen molar-refractivity contribution in [3.8, 4) is 6.07 Å². The molecule has 0 saturated carbocycles. The largest absolute Gasteiger partial charge is 0.465 e. The van der Waals surface area contributed by atoms with Crippen LogP contribution in [-0.4, -0.2) is 24.8 Å². The standard InChI is InChI=1S/C20H27NO3/c1-5-19(4)14-20(11-12-24-19,16-9-7-15(3)8-10-16)17(13-21)18(22)23-6-2/h7-10,17H,5-6,11-12,14H2,1-4H3/t17-,19+,20-/m0/s1. The first-order chi connectivity index (χ1) is 11.4. The lowest BCUT2D eigenvalue weighted by molar-refractivity contribution is -0.154. The summed E-state index contributed by atoms with van der Waals surface area (Å²) in [6, 6.07) is 10.4. The summed E-state index contributed by atoms with van der Waals surface area (Å²) in [4.78, 5) is 12.5. The number of aryl methyl sites for hydroxylation is 1. The zero-order valence-corrected chi connectivity index (χ0v) is 15.1. The summed E-state index contributed by atoms with van der Waals surface area (Å²) >= 11 is 0. The van der Waals surface area contributed by atoms with E-state index in [1.54, 1.807) is 6.92 Å². The van der Waals surface area contributed by atoms with E-state index < -0.39 is 17.3 Å². The van der Waals surface area contributed by atoms with Crippen LogP contribution in [0.4, 0.5) is 0 Å². The number of esters is 1. The maximum absolute atomic E-state index is 12.5. The van der Waals surface area contributed by atoms with E-state index in [-0.39, 0.29) is 12.2 Å². The third kappa shape index (κ3) is 3.47. The smallest absolute Gasteiger partial charge is 0.324 e. The first-order valence-electron chi connectivity index (χ1n) is 8.68. The molecule has 0 unspecified atom stereocenters. The molecule has 1 heterocycles. The van der Waals surface area contributed by atoms with Crippen LogP contribution in [0.5, 0.6) is 0 Å². The van der Waals surface area contributed by atoms with Crippen molar-refractivity contribution in [3.63, 3.8) is 0 Å². The molecule has 0 N–H and O–H groups in total. The number of benzene rings is 1. The molecule has 4 heteroatoms. The number of nitriles is 1. The van der Waals surface area contributed by atoms with Crippen LogP contribution < -0.4 is 0 Å². The lowest BCUT2D eigenvalue weighted by Gasteiger charge is -2.48. The molecule has 24 heavy (non-hydrogen) atoms. The Bertz CT molecular complexity index is 619. The first kappa shape index (κ1) is 18.5. The molecule has 1 saturated heterocycles. The van der Waals surface area contributed by atoms with Gasteiger partial charge in [-0.05, 0) is 45.6 Å². The van der Waals surface area contributed by atoms with E-state index in [2.05, 4.69) is 19.9 Å². The predicted octanol–water partition coefficient (Wildman–Crippen LogP) is 3.91. The summed E-state index contributed by atoms with van der Waals surface area (Å²) in [5, 5.41) is 9.81. The summed E-state index contributed by atoms with van der Waals surface area (Å²) in [5.74, 6) is -1.25. The molecular weight excluding hydrogens is 302 g/mol. The Morgan fingerprint density at radius 2 is 2.04 bits per heavy atom. The zero-order chi connectivity index (χ0) is 17.8.